The summed E-state index contributed by atoms with van der Waals surface area (Å²) < 4.78 is 15.9. The van der Waals surface area contributed by atoms with Crippen molar-refractivity contribution in [2.24, 2.45) is 5.92 Å². The van der Waals surface area contributed by atoms with Crippen LogP contribution in [0.25, 0.3) is 22.3 Å². The molecule has 0 saturated carbocycles. The second-order valence-electron chi connectivity index (χ2n) is 7.14. The molecule has 0 amide bonds. The van der Waals surface area contributed by atoms with Crippen LogP contribution in [0.5, 0.6) is 17.2 Å². The van der Waals surface area contributed by atoms with Crippen molar-refractivity contribution >= 4 is 16.9 Å². The van der Waals surface area contributed by atoms with Gasteiger partial charge in [-0.25, -0.2) is 0 Å². The number of benzene rings is 2. The van der Waals surface area contributed by atoms with Crippen molar-refractivity contribution in [3.8, 4) is 28.6 Å². The lowest BCUT2D eigenvalue weighted by atomic mass is 9.94. The van der Waals surface area contributed by atoms with Crippen molar-refractivity contribution in [3.63, 3.8) is 0 Å². The van der Waals surface area contributed by atoms with E-state index in [2.05, 4.69) is 0 Å². The molecule has 4 rings (SSSR count). The lowest BCUT2D eigenvalue weighted by Crippen LogP contribution is -2.58. The molecule has 2 heterocycles. The minimum absolute atomic E-state index is 0.170. The molecule has 11 nitrogen and oxygen atoms in total. The van der Waals surface area contributed by atoms with Crippen molar-refractivity contribution in [3.05, 3.63) is 52.7 Å². The van der Waals surface area contributed by atoms with Crippen molar-refractivity contribution in [2.45, 2.75) is 24.8 Å². The second kappa shape index (κ2) is 8.13. The second-order valence-corrected chi connectivity index (χ2v) is 7.14. The average Bonchev–Trinajstić information content (AvgIpc) is 2.75. The Balaban J connectivity index is 1.74. The van der Waals surface area contributed by atoms with Gasteiger partial charge >= 0.3 is 5.97 Å². The van der Waals surface area contributed by atoms with E-state index in [-0.39, 0.29) is 16.7 Å². The molecule has 1 aliphatic rings. The number of carbonyl (C=O) groups is 1. The van der Waals surface area contributed by atoms with Crippen LogP contribution in [0.4, 0.5) is 0 Å². The highest BCUT2D eigenvalue weighted by Gasteiger charge is 2.49. The molecule has 0 radical (unpaired) electrons. The maximum atomic E-state index is 12.5. The first-order valence-electron chi connectivity index (χ1n) is 9.36. The molecular formula is C21H18O11. The predicted molar refractivity (Wildman–Crippen MR) is 106 cm³/mol. The lowest BCUT2D eigenvalue weighted by molar-refractivity contribution is -0.305. The number of hydrogen-bond donors (Lipinski definition) is 6. The number of aliphatic hydroxyl groups is 3. The van der Waals surface area contributed by atoms with Gasteiger partial charge in [-0.1, -0.05) is 30.3 Å². The van der Waals surface area contributed by atoms with Crippen molar-refractivity contribution in [1.29, 1.82) is 0 Å². The summed E-state index contributed by atoms with van der Waals surface area (Å²) in [6.07, 6.45) is -7.74. The van der Waals surface area contributed by atoms with Crippen LogP contribution in [-0.2, 0) is 9.53 Å². The summed E-state index contributed by atoms with van der Waals surface area (Å²) in [5, 5.41) is 59.3. The van der Waals surface area contributed by atoms with Gasteiger partial charge in [0.05, 0.1) is 0 Å². The lowest BCUT2D eigenvalue weighted by Gasteiger charge is -2.38. The number of aliphatic hydroxyl groups excluding tert-OH is 3. The highest BCUT2D eigenvalue weighted by molar-refractivity contribution is 5.89. The van der Waals surface area contributed by atoms with E-state index in [9.17, 15) is 35.1 Å². The van der Waals surface area contributed by atoms with E-state index in [0.717, 1.165) is 12.1 Å². The van der Waals surface area contributed by atoms with Gasteiger partial charge in [-0.05, 0) is 0 Å². The van der Waals surface area contributed by atoms with Crippen LogP contribution in [0, 0.1) is 5.92 Å². The largest absolute Gasteiger partial charge is 0.504 e. The van der Waals surface area contributed by atoms with Crippen molar-refractivity contribution < 1.29 is 49.3 Å². The zero-order valence-electron chi connectivity index (χ0n) is 16.2. The van der Waals surface area contributed by atoms with Crippen LogP contribution in [0.1, 0.15) is 0 Å². The van der Waals surface area contributed by atoms with E-state index in [1.54, 1.807) is 30.3 Å². The minimum atomic E-state index is -2.03. The topological polar surface area (TPSA) is 187 Å². The number of carboxylic acid groups (broad SMARTS) is 1. The third-order valence-corrected chi connectivity index (χ3v) is 5.10. The van der Waals surface area contributed by atoms with Crippen LogP contribution in [-0.4, -0.2) is 61.4 Å². The van der Waals surface area contributed by atoms with Gasteiger partial charge in [-0.3, -0.25) is 9.59 Å². The molecule has 168 valence electrons. The molecule has 3 aromatic rings. The SMILES string of the molecule is O=C(O)[C@H]1[C@H](O)[C@@H](O)C(Oc2cc3oc(-c4ccccc4)cc(=O)c3c(O)c2O)O[C@@H]1O. The molecule has 2 aromatic carbocycles. The Kier molecular flexibility index (Phi) is 5.48. The van der Waals surface area contributed by atoms with Gasteiger partial charge in [0.1, 0.15) is 34.9 Å². The van der Waals surface area contributed by atoms with Crippen LogP contribution < -0.4 is 10.2 Å². The molecule has 6 N–H and O–H groups in total. The first kappa shape index (κ1) is 21.6. The van der Waals surface area contributed by atoms with Gasteiger partial charge in [0, 0.05) is 17.7 Å². The fraction of sp³-hybridized carbons (Fsp3) is 0.238. The van der Waals surface area contributed by atoms with Crippen LogP contribution >= 0.6 is 0 Å². The first-order chi connectivity index (χ1) is 15.2. The van der Waals surface area contributed by atoms with Crippen molar-refractivity contribution in [1.82, 2.24) is 0 Å². The molecule has 1 unspecified atom stereocenters. The predicted octanol–water partition coefficient (Wildman–Crippen LogP) is 0.347. The molecular weight excluding hydrogens is 428 g/mol. The zero-order valence-corrected chi connectivity index (χ0v) is 16.2. The van der Waals surface area contributed by atoms with Crippen LogP contribution in [0.15, 0.2) is 51.7 Å². The Bertz CT molecular complexity index is 1220. The minimum Gasteiger partial charge on any atom is -0.504 e. The number of aromatic hydroxyl groups is 2. The highest BCUT2D eigenvalue weighted by atomic mass is 16.7. The van der Waals surface area contributed by atoms with E-state index in [0.29, 0.717) is 5.56 Å². The van der Waals surface area contributed by atoms with Gasteiger partial charge in [0.15, 0.2) is 23.2 Å². The Morgan fingerprint density at radius 2 is 1.66 bits per heavy atom. The third kappa shape index (κ3) is 3.63. The molecule has 32 heavy (non-hydrogen) atoms. The Hall–Kier alpha value is -3.64. The number of fused-ring (bicyclic) bond motifs is 1. The molecule has 1 aliphatic heterocycles. The van der Waals surface area contributed by atoms with E-state index in [1.165, 1.54) is 0 Å². The van der Waals surface area contributed by atoms with Gasteiger partial charge in [-0.2, -0.15) is 0 Å². The summed E-state index contributed by atoms with van der Waals surface area (Å²) in [5.41, 5.74) is -0.247. The molecule has 1 fully saturated rings. The fourth-order valence-corrected chi connectivity index (χ4v) is 3.44. The fourth-order valence-electron chi connectivity index (χ4n) is 3.44. The van der Waals surface area contributed by atoms with Gasteiger partial charge in [0.25, 0.3) is 0 Å². The molecule has 0 aliphatic carbocycles. The Morgan fingerprint density at radius 3 is 2.31 bits per heavy atom. The summed E-state index contributed by atoms with van der Waals surface area (Å²) in [7, 11) is 0. The van der Waals surface area contributed by atoms with E-state index in [1.807, 2.05) is 0 Å². The average molecular weight is 446 g/mol. The molecule has 1 aromatic heterocycles. The molecule has 0 bridgehead atoms. The summed E-state index contributed by atoms with van der Waals surface area (Å²) in [6.45, 7) is 0. The van der Waals surface area contributed by atoms with Gasteiger partial charge in [0.2, 0.25) is 12.0 Å². The van der Waals surface area contributed by atoms with E-state index >= 15 is 0 Å². The summed E-state index contributed by atoms with van der Waals surface area (Å²) >= 11 is 0. The normalized spacial score (nSPS) is 25.5. The molecule has 1 saturated heterocycles. The van der Waals surface area contributed by atoms with Crippen LogP contribution in [0.3, 0.4) is 0 Å². The summed E-state index contributed by atoms with van der Waals surface area (Å²) in [5.74, 6) is -5.54. The van der Waals surface area contributed by atoms with Gasteiger partial charge in [-0.15, -0.1) is 0 Å². The quantitative estimate of drug-likeness (QED) is 0.304. The van der Waals surface area contributed by atoms with Gasteiger partial charge < -0.3 is 44.5 Å². The number of phenolic OH excluding ortho intramolecular Hbond substituents is 2. The smallest absolute Gasteiger partial charge is 0.314 e. The maximum absolute atomic E-state index is 12.5. The summed E-state index contributed by atoms with van der Waals surface area (Å²) in [6, 6.07) is 10.8. The maximum Gasteiger partial charge on any atom is 0.314 e. The number of hydrogen-bond acceptors (Lipinski definition) is 10. The number of aliphatic carboxylic acids is 1. The Labute approximate surface area is 178 Å². The molecule has 0 spiro atoms. The van der Waals surface area contributed by atoms with Crippen LogP contribution in [0.2, 0.25) is 0 Å². The molecule has 11 heteroatoms. The summed E-state index contributed by atoms with van der Waals surface area (Å²) in [4.78, 5) is 23.7. The number of carboxylic acids is 1. The third-order valence-electron chi connectivity index (χ3n) is 5.10. The first-order valence-corrected chi connectivity index (χ1v) is 9.36. The van der Waals surface area contributed by atoms with E-state index in [4.69, 9.17) is 19.0 Å². The molecule has 5 atom stereocenters. The number of rotatable bonds is 4. The standard InChI is InChI=1S/C21H18O11/c22-9-6-10(8-4-2-1-3-5-8)30-11-7-12(15(23)16(24)13(9)11)31-21-18(26)17(25)14(19(27)28)20(29)32-21/h1-7,14,17-18,20-21,23-26,29H,(H,27,28)/t14-,17+,18-,20+,21?/m1/s1. The number of ether oxygens (including phenoxy) is 2. The zero-order chi connectivity index (χ0) is 23.2. The highest BCUT2D eigenvalue weighted by Crippen LogP contribution is 2.42. The monoisotopic (exact) mass is 446 g/mol. The van der Waals surface area contributed by atoms with E-state index < -0.39 is 59.4 Å². The van der Waals surface area contributed by atoms with Crippen molar-refractivity contribution in [2.75, 3.05) is 0 Å². The number of phenols is 2. The Morgan fingerprint density at radius 1 is 0.969 bits per heavy atom.